The highest BCUT2D eigenvalue weighted by atomic mass is 15.4. The number of rotatable bonds is 6. The Morgan fingerprint density at radius 3 is 1.78 bits per heavy atom. The molecule has 0 aliphatic rings. The van der Waals surface area contributed by atoms with Gasteiger partial charge in [0, 0.05) is 23.5 Å². The summed E-state index contributed by atoms with van der Waals surface area (Å²) in [6.45, 7) is 4.39. The molecule has 0 saturated carbocycles. The molecule has 0 heterocycles. The monoisotopic (exact) mass is 533 g/mol. The van der Waals surface area contributed by atoms with Crippen molar-refractivity contribution in [1.29, 1.82) is 0 Å². The van der Waals surface area contributed by atoms with Gasteiger partial charge in [0.15, 0.2) is 0 Å². The second kappa shape index (κ2) is 11.7. The molecule has 0 amide bonds. The highest BCUT2D eigenvalue weighted by molar-refractivity contribution is 6.18. The van der Waals surface area contributed by atoms with Crippen LogP contribution in [0.25, 0.3) is 21.5 Å². The Balaban J connectivity index is 1.66. The van der Waals surface area contributed by atoms with Crippen LogP contribution in [-0.4, -0.2) is 13.0 Å². The number of hydrogen-bond donors (Lipinski definition) is 0. The van der Waals surface area contributed by atoms with Crippen molar-refractivity contribution in [3.05, 3.63) is 145 Å². The number of aryl methyl sites for hydroxylation is 2. The smallest absolute Gasteiger partial charge is 0.215 e. The Morgan fingerprint density at radius 1 is 0.561 bits per heavy atom. The van der Waals surface area contributed by atoms with Crippen LogP contribution in [0, 0.1) is 0 Å². The third kappa shape index (κ3) is 5.31. The average molecular weight is 534 g/mol. The van der Waals surface area contributed by atoms with Crippen LogP contribution in [0.3, 0.4) is 0 Å². The van der Waals surface area contributed by atoms with Crippen LogP contribution in [0.1, 0.15) is 25.0 Å². The molecule has 0 atom stereocenters. The lowest BCUT2D eigenvalue weighted by Crippen LogP contribution is -2.40. The fourth-order valence-electron chi connectivity index (χ4n) is 5.53. The van der Waals surface area contributed by atoms with E-state index in [0.717, 1.165) is 41.6 Å². The molecule has 0 unspecified atom stereocenters. The van der Waals surface area contributed by atoms with Crippen LogP contribution in [-0.2, 0) is 12.8 Å². The Labute approximate surface area is 243 Å². The van der Waals surface area contributed by atoms with E-state index in [4.69, 9.17) is 4.99 Å². The average Bonchev–Trinajstić information content (AvgIpc) is 3.04. The fourth-order valence-corrected chi connectivity index (χ4v) is 5.53. The van der Waals surface area contributed by atoms with E-state index in [0.29, 0.717) is 0 Å². The molecule has 0 N–H and O–H groups in total. The molecule has 0 radical (unpaired) electrons. The standard InChI is InChI=1S/C38H35N3/c1-4-28-14-10-20-32(26-28)39-38(40(3)36-24-12-18-30-16-6-8-22-34(30)36)41(33-21-11-15-29(5-2)27-33)37-25-13-19-31-17-7-9-23-35(31)37/h6-27H,4-5H2,1-3H3. The molecule has 0 saturated heterocycles. The Bertz CT molecular complexity index is 1840. The topological polar surface area (TPSA) is 18.8 Å². The summed E-state index contributed by atoms with van der Waals surface area (Å²) in [6, 6.07) is 47.5. The summed E-state index contributed by atoms with van der Waals surface area (Å²) in [4.78, 5) is 9.99. The molecule has 0 fully saturated rings. The molecular formula is C38H35N3. The first-order chi connectivity index (χ1) is 20.2. The lowest BCUT2D eigenvalue weighted by Gasteiger charge is -2.34. The summed E-state index contributed by atoms with van der Waals surface area (Å²) in [5.74, 6) is 0.833. The molecule has 0 bridgehead atoms. The van der Waals surface area contributed by atoms with Crippen molar-refractivity contribution in [2.75, 3.05) is 16.8 Å². The molecule has 0 spiro atoms. The van der Waals surface area contributed by atoms with E-state index in [9.17, 15) is 0 Å². The molecule has 6 aromatic carbocycles. The van der Waals surface area contributed by atoms with Crippen LogP contribution in [0.15, 0.2) is 138 Å². The molecule has 202 valence electrons. The van der Waals surface area contributed by atoms with Crippen molar-refractivity contribution >= 4 is 50.3 Å². The van der Waals surface area contributed by atoms with Gasteiger partial charge in [-0.25, -0.2) is 4.99 Å². The van der Waals surface area contributed by atoms with E-state index >= 15 is 0 Å². The largest absolute Gasteiger partial charge is 0.314 e. The molecular weight excluding hydrogens is 498 g/mol. The number of hydrogen-bond acceptors (Lipinski definition) is 1. The van der Waals surface area contributed by atoms with E-state index in [1.807, 2.05) is 0 Å². The molecule has 3 heteroatoms. The lowest BCUT2D eigenvalue weighted by atomic mass is 10.1. The molecule has 0 aliphatic heterocycles. The summed E-state index contributed by atoms with van der Waals surface area (Å²) in [7, 11) is 2.13. The number of anilines is 3. The van der Waals surface area contributed by atoms with Crippen LogP contribution in [0.4, 0.5) is 22.7 Å². The Hall–Kier alpha value is -4.89. The van der Waals surface area contributed by atoms with Crippen molar-refractivity contribution < 1.29 is 0 Å². The van der Waals surface area contributed by atoms with Gasteiger partial charge in [-0.2, -0.15) is 0 Å². The Kier molecular flexibility index (Phi) is 7.51. The summed E-state index contributed by atoms with van der Waals surface area (Å²) >= 11 is 0. The number of guanidine groups is 1. The maximum Gasteiger partial charge on any atom is 0.215 e. The number of fused-ring (bicyclic) bond motifs is 2. The quantitative estimate of drug-likeness (QED) is 0.157. The van der Waals surface area contributed by atoms with E-state index in [-0.39, 0.29) is 0 Å². The summed E-state index contributed by atoms with van der Waals surface area (Å²) < 4.78 is 0. The van der Waals surface area contributed by atoms with Crippen LogP contribution in [0.2, 0.25) is 0 Å². The van der Waals surface area contributed by atoms with Crippen molar-refractivity contribution in [2.45, 2.75) is 26.7 Å². The summed E-state index contributed by atoms with van der Waals surface area (Å²) in [5.41, 5.74) is 6.76. The second-order valence-electron chi connectivity index (χ2n) is 10.3. The van der Waals surface area contributed by atoms with Crippen molar-refractivity contribution in [1.82, 2.24) is 0 Å². The fraction of sp³-hybridized carbons (Fsp3) is 0.132. The maximum absolute atomic E-state index is 5.43. The van der Waals surface area contributed by atoms with Gasteiger partial charge in [0.1, 0.15) is 0 Å². The van der Waals surface area contributed by atoms with Gasteiger partial charge in [0.2, 0.25) is 5.96 Å². The molecule has 41 heavy (non-hydrogen) atoms. The first kappa shape index (κ1) is 26.3. The predicted octanol–water partition coefficient (Wildman–Crippen LogP) is 10.1. The molecule has 6 rings (SSSR count). The van der Waals surface area contributed by atoms with Gasteiger partial charge in [0.25, 0.3) is 0 Å². The van der Waals surface area contributed by atoms with Gasteiger partial charge in [-0.05, 0) is 71.1 Å². The highest BCUT2D eigenvalue weighted by Gasteiger charge is 2.24. The van der Waals surface area contributed by atoms with Gasteiger partial charge in [-0.15, -0.1) is 0 Å². The first-order valence-electron chi connectivity index (χ1n) is 14.4. The van der Waals surface area contributed by atoms with E-state index in [2.05, 4.69) is 164 Å². The molecule has 0 aliphatic carbocycles. The zero-order chi connectivity index (χ0) is 28.2. The van der Waals surface area contributed by atoms with Gasteiger partial charge in [-0.3, -0.25) is 4.90 Å². The van der Waals surface area contributed by atoms with Gasteiger partial charge in [-0.1, -0.05) is 111 Å². The molecule has 6 aromatic rings. The zero-order valence-electron chi connectivity index (χ0n) is 24.0. The van der Waals surface area contributed by atoms with E-state index < -0.39 is 0 Å². The second-order valence-corrected chi connectivity index (χ2v) is 10.3. The highest BCUT2D eigenvalue weighted by Crippen LogP contribution is 2.37. The van der Waals surface area contributed by atoms with E-state index in [1.165, 1.54) is 32.7 Å². The van der Waals surface area contributed by atoms with Crippen LogP contribution >= 0.6 is 0 Å². The number of benzene rings is 6. The third-order valence-electron chi connectivity index (χ3n) is 7.76. The predicted molar refractivity (Wildman–Crippen MR) is 177 cm³/mol. The van der Waals surface area contributed by atoms with Crippen molar-refractivity contribution in [3.63, 3.8) is 0 Å². The maximum atomic E-state index is 5.43. The molecule has 3 nitrogen and oxygen atoms in total. The number of aliphatic imine (C=N–C) groups is 1. The number of nitrogens with zero attached hydrogens (tertiary/aromatic N) is 3. The Morgan fingerprint density at radius 2 is 1.10 bits per heavy atom. The van der Waals surface area contributed by atoms with Crippen LogP contribution in [0.5, 0.6) is 0 Å². The SMILES string of the molecule is CCc1cccc(N=C(N(C)c2cccc3ccccc23)N(c2cccc(CC)c2)c2cccc3ccccc23)c1. The molecule has 0 aromatic heterocycles. The van der Waals surface area contributed by atoms with Crippen molar-refractivity contribution in [2.24, 2.45) is 4.99 Å². The summed E-state index contributed by atoms with van der Waals surface area (Å²) in [5, 5.41) is 4.77. The van der Waals surface area contributed by atoms with Crippen LogP contribution < -0.4 is 9.80 Å². The summed E-state index contributed by atoms with van der Waals surface area (Å²) in [6.07, 6.45) is 1.92. The lowest BCUT2D eigenvalue weighted by molar-refractivity contribution is 1.12. The van der Waals surface area contributed by atoms with Gasteiger partial charge >= 0.3 is 0 Å². The minimum Gasteiger partial charge on any atom is -0.314 e. The van der Waals surface area contributed by atoms with E-state index in [1.54, 1.807) is 0 Å². The van der Waals surface area contributed by atoms with Crippen molar-refractivity contribution in [3.8, 4) is 0 Å². The first-order valence-corrected chi connectivity index (χ1v) is 14.4. The van der Waals surface area contributed by atoms with Gasteiger partial charge < -0.3 is 4.90 Å². The minimum absolute atomic E-state index is 0.833. The third-order valence-corrected chi connectivity index (χ3v) is 7.76. The normalized spacial score (nSPS) is 11.6. The minimum atomic E-state index is 0.833. The van der Waals surface area contributed by atoms with Gasteiger partial charge in [0.05, 0.1) is 17.1 Å². The zero-order valence-corrected chi connectivity index (χ0v) is 24.0.